The number of hydrogen-bond donors (Lipinski definition) is 2. The van der Waals surface area contributed by atoms with Crippen molar-refractivity contribution in [3.63, 3.8) is 0 Å². The Morgan fingerprint density at radius 2 is 1.81 bits per heavy atom. The van der Waals surface area contributed by atoms with Gasteiger partial charge >= 0.3 is 6.29 Å². The van der Waals surface area contributed by atoms with Crippen LogP contribution in [0.3, 0.4) is 0 Å². The first-order valence-corrected chi connectivity index (χ1v) is 6.80. The number of ether oxygens (including phenoxy) is 2. The predicted octanol–water partition coefficient (Wildman–Crippen LogP) is 1.54. The van der Waals surface area contributed by atoms with Crippen LogP contribution in [0.25, 0.3) is 0 Å². The van der Waals surface area contributed by atoms with Gasteiger partial charge in [-0.3, -0.25) is 0 Å². The van der Waals surface area contributed by atoms with Crippen LogP contribution < -0.4 is 14.8 Å². The number of nitrogens with zero attached hydrogens (tertiary/aromatic N) is 1. The van der Waals surface area contributed by atoms with E-state index in [1.807, 2.05) is 19.0 Å². The van der Waals surface area contributed by atoms with Crippen LogP contribution in [0.5, 0.6) is 11.5 Å². The van der Waals surface area contributed by atoms with Gasteiger partial charge in [0, 0.05) is 30.8 Å². The molecule has 0 fully saturated rings. The van der Waals surface area contributed by atoms with Crippen LogP contribution in [0.15, 0.2) is 12.1 Å². The SMILES string of the molecule is CN(C)Cc1ccc(CNCCCO)c2c1OC(F)(F)O2. The van der Waals surface area contributed by atoms with Crippen molar-refractivity contribution >= 4 is 0 Å². The molecule has 0 aromatic heterocycles. The van der Waals surface area contributed by atoms with E-state index in [0.717, 1.165) is 0 Å². The zero-order chi connectivity index (χ0) is 15.5. The van der Waals surface area contributed by atoms with Crippen molar-refractivity contribution in [2.24, 2.45) is 0 Å². The van der Waals surface area contributed by atoms with E-state index in [1.54, 1.807) is 12.1 Å². The number of nitrogens with one attached hydrogen (secondary N) is 1. The van der Waals surface area contributed by atoms with Crippen LogP contribution >= 0.6 is 0 Å². The summed E-state index contributed by atoms with van der Waals surface area (Å²) in [5.41, 5.74) is 1.27. The van der Waals surface area contributed by atoms with E-state index in [4.69, 9.17) is 5.11 Å². The smallest absolute Gasteiger partial charge is 0.396 e. The lowest BCUT2D eigenvalue weighted by molar-refractivity contribution is -0.287. The highest BCUT2D eigenvalue weighted by molar-refractivity contribution is 5.54. The van der Waals surface area contributed by atoms with Gasteiger partial charge in [0.15, 0.2) is 11.5 Å². The van der Waals surface area contributed by atoms with Crippen molar-refractivity contribution in [3.8, 4) is 11.5 Å². The average molecular weight is 302 g/mol. The minimum absolute atomic E-state index is 0.0879. The second-order valence-electron chi connectivity index (χ2n) is 5.20. The number of alkyl halides is 2. The van der Waals surface area contributed by atoms with Gasteiger partial charge in [-0.25, -0.2) is 0 Å². The highest BCUT2D eigenvalue weighted by Gasteiger charge is 2.45. The molecule has 7 heteroatoms. The van der Waals surface area contributed by atoms with Gasteiger partial charge in [0.1, 0.15) is 0 Å². The Hall–Kier alpha value is -1.44. The first-order chi connectivity index (χ1) is 9.93. The Labute approximate surface area is 122 Å². The predicted molar refractivity (Wildman–Crippen MR) is 73.4 cm³/mol. The topological polar surface area (TPSA) is 54.0 Å². The standard InChI is InChI=1S/C14H20F2N2O3/c1-18(2)9-11-5-4-10(8-17-6-3-7-19)12-13(11)21-14(15,16)20-12/h4-5,17,19H,3,6-9H2,1-2H3. The second-order valence-corrected chi connectivity index (χ2v) is 5.20. The molecule has 0 unspecified atom stereocenters. The fraction of sp³-hybridized carbons (Fsp3) is 0.571. The van der Waals surface area contributed by atoms with Gasteiger partial charge in [-0.1, -0.05) is 12.1 Å². The van der Waals surface area contributed by atoms with E-state index in [2.05, 4.69) is 14.8 Å². The Bertz CT molecular complexity index is 495. The molecule has 0 amide bonds. The van der Waals surface area contributed by atoms with Crippen LogP contribution in [0.1, 0.15) is 17.5 Å². The Kier molecular flexibility index (Phi) is 4.97. The lowest BCUT2D eigenvalue weighted by Gasteiger charge is -2.13. The first kappa shape index (κ1) is 15.9. The molecule has 2 N–H and O–H groups in total. The minimum atomic E-state index is -3.62. The molecule has 1 aromatic carbocycles. The molecule has 2 rings (SSSR count). The number of halogens is 2. The summed E-state index contributed by atoms with van der Waals surface area (Å²) in [7, 11) is 3.70. The van der Waals surface area contributed by atoms with Crippen LogP contribution in [0.2, 0.25) is 0 Å². The molecule has 0 saturated heterocycles. The molecular formula is C14H20F2N2O3. The quantitative estimate of drug-likeness (QED) is 0.748. The summed E-state index contributed by atoms with van der Waals surface area (Å²) < 4.78 is 36.0. The number of hydrogen-bond acceptors (Lipinski definition) is 5. The number of aliphatic hydroxyl groups is 1. The third kappa shape index (κ3) is 4.03. The third-order valence-corrected chi connectivity index (χ3v) is 3.03. The third-order valence-electron chi connectivity index (χ3n) is 3.03. The fourth-order valence-corrected chi connectivity index (χ4v) is 2.16. The molecule has 1 aliphatic heterocycles. The molecule has 0 saturated carbocycles. The zero-order valence-corrected chi connectivity index (χ0v) is 12.2. The summed E-state index contributed by atoms with van der Waals surface area (Å²) in [4.78, 5) is 1.87. The summed E-state index contributed by atoms with van der Waals surface area (Å²) >= 11 is 0. The Morgan fingerprint density at radius 3 is 2.43 bits per heavy atom. The van der Waals surface area contributed by atoms with E-state index in [0.29, 0.717) is 37.2 Å². The summed E-state index contributed by atoms with van der Waals surface area (Å²) in [6, 6.07) is 3.53. The number of benzene rings is 1. The van der Waals surface area contributed by atoms with Crippen molar-refractivity contribution in [2.45, 2.75) is 25.8 Å². The summed E-state index contributed by atoms with van der Waals surface area (Å²) in [6.45, 7) is 1.55. The maximum atomic E-state index is 13.4. The van der Waals surface area contributed by atoms with Gasteiger partial charge in [0.25, 0.3) is 0 Å². The summed E-state index contributed by atoms with van der Waals surface area (Å²) in [6.07, 6.45) is -3.01. The minimum Gasteiger partial charge on any atom is -0.396 e. The molecule has 1 aliphatic rings. The monoisotopic (exact) mass is 302 g/mol. The van der Waals surface area contributed by atoms with E-state index < -0.39 is 6.29 Å². The second kappa shape index (κ2) is 6.55. The number of fused-ring (bicyclic) bond motifs is 1. The van der Waals surface area contributed by atoms with E-state index in [-0.39, 0.29) is 18.1 Å². The van der Waals surface area contributed by atoms with Gasteiger partial charge in [0.05, 0.1) is 0 Å². The molecular weight excluding hydrogens is 282 g/mol. The average Bonchev–Trinajstić information content (AvgIpc) is 2.72. The fourth-order valence-electron chi connectivity index (χ4n) is 2.16. The molecule has 118 valence electrons. The molecule has 1 heterocycles. The normalized spacial score (nSPS) is 15.7. The molecule has 21 heavy (non-hydrogen) atoms. The summed E-state index contributed by atoms with van der Waals surface area (Å²) in [5, 5.41) is 11.8. The molecule has 5 nitrogen and oxygen atoms in total. The van der Waals surface area contributed by atoms with Crippen molar-refractivity contribution in [3.05, 3.63) is 23.3 Å². The largest absolute Gasteiger partial charge is 0.586 e. The maximum absolute atomic E-state index is 13.4. The van der Waals surface area contributed by atoms with Crippen molar-refractivity contribution in [1.82, 2.24) is 10.2 Å². The van der Waals surface area contributed by atoms with Gasteiger partial charge in [-0.15, -0.1) is 8.78 Å². The van der Waals surface area contributed by atoms with Gasteiger partial charge in [-0.05, 0) is 27.1 Å². The lowest BCUT2D eigenvalue weighted by atomic mass is 10.1. The highest BCUT2D eigenvalue weighted by atomic mass is 19.3. The van der Waals surface area contributed by atoms with Crippen molar-refractivity contribution < 1.29 is 23.4 Å². The number of rotatable bonds is 7. The van der Waals surface area contributed by atoms with E-state index in [9.17, 15) is 8.78 Å². The van der Waals surface area contributed by atoms with Gasteiger partial charge < -0.3 is 24.8 Å². The highest BCUT2D eigenvalue weighted by Crippen LogP contribution is 2.46. The Balaban J connectivity index is 2.19. The number of aliphatic hydroxyl groups excluding tert-OH is 1. The lowest BCUT2D eigenvalue weighted by Crippen LogP contribution is -2.26. The molecule has 0 atom stereocenters. The van der Waals surface area contributed by atoms with Gasteiger partial charge in [-0.2, -0.15) is 0 Å². The van der Waals surface area contributed by atoms with E-state index in [1.165, 1.54) is 0 Å². The van der Waals surface area contributed by atoms with E-state index >= 15 is 0 Å². The van der Waals surface area contributed by atoms with Crippen molar-refractivity contribution in [2.75, 3.05) is 27.2 Å². The zero-order valence-electron chi connectivity index (χ0n) is 12.2. The Morgan fingerprint density at radius 1 is 1.19 bits per heavy atom. The van der Waals surface area contributed by atoms with Gasteiger partial charge in [0.2, 0.25) is 0 Å². The van der Waals surface area contributed by atoms with Crippen LogP contribution in [-0.2, 0) is 13.1 Å². The first-order valence-electron chi connectivity index (χ1n) is 6.80. The summed E-state index contributed by atoms with van der Waals surface area (Å²) in [5.74, 6) is 0.200. The molecule has 0 spiro atoms. The molecule has 0 bridgehead atoms. The maximum Gasteiger partial charge on any atom is 0.586 e. The van der Waals surface area contributed by atoms with Crippen LogP contribution in [-0.4, -0.2) is 43.5 Å². The molecule has 1 aromatic rings. The molecule has 0 radical (unpaired) electrons. The molecule has 0 aliphatic carbocycles. The van der Waals surface area contributed by atoms with Crippen molar-refractivity contribution in [1.29, 1.82) is 0 Å². The van der Waals surface area contributed by atoms with Crippen LogP contribution in [0, 0.1) is 0 Å². The van der Waals surface area contributed by atoms with Crippen LogP contribution in [0.4, 0.5) is 8.78 Å².